The molecule has 1 saturated heterocycles. The number of anilines is 2. The first kappa shape index (κ1) is 22.5. The predicted molar refractivity (Wildman–Crippen MR) is 126 cm³/mol. The largest absolute Gasteiger partial charge is 0.325 e. The highest BCUT2D eigenvalue weighted by Gasteiger charge is 2.33. The molecule has 1 aromatic heterocycles. The van der Waals surface area contributed by atoms with Crippen molar-refractivity contribution in [2.24, 2.45) is 0 Å². The molecule has 0 bridgehead atoms. The van der Waals surface area contributed by atoms with Crippen molar-refractivity contribution < 1.29 is 13.2 Å². The minimum Gasteiger partial charge on any atom is -0.325 e. The SMILES string of the molecule is CC(=O)Nc1ccc(S(=O)(=O)N(c2cc3ccccc3cn2)N2CCN(C)CC2)cc1Cl. The molecule has 168 valence electrons. The molecule has 1 N–H and O–H groups in total. The van der Waals surface area contributed by atoms with Crippen LogP contribution in [0, 0.1) is 0 Å². The Morgan fingerprint density at radius 3 is 2.41 bits per heavy atom. The first-order valence-electron chi connectivity index (χ1n) is 10.2. The van der Waals surface area contributed by atoms with Crippen LogP contribution in [0.1, 0.15) is 6.92 Å². The molecule has 0 unspecified atom stereocenters. The third kappa shape index (κ3) is 4.56. The number of amides is 1. The van der Waals surface area contributed by atoms with Crippen molar-refractivity contribution >= 4 is 49.8 Å². The monoisotopic (exact) mass is 473 g/mol. The zero-order chi connectivity index (χ0) is 22.9. The average Bonchev–Trinajstić information content (AvgIpc) is 2.76. The standard InChI is InChI=1S/C22H24ClN5O3S/c1-16(29)25-21-8-7-19(14-20(21)23)32(30,31)28(27-11-9-26(2)10-12-27)22-13-17-5-3-4-6-18(17)15-24-22/h3-8,13-15H,9-12H2,1-2H3,(H,25,29). The Hall–Kier alpha value is -2.72. The van der Waals surface area contributed by atoms with Crippen molar-refractivity contribution in [2.45, 2.75) is 11.8 Å². The van der Waals surface area contributed by atoms with E-state index in [-0.39, 0.29) is 15.8 Å². The van der Waals surface area contributed by atoms with E-state index in [1.165, 1.54) is 29.5 Å². The maximum absolute atomic E-state index is 13.8. The molecule has 4 rings (SSSR count). The van der Waals surface area contributed by atoms with Crippen LogP contribution in [-0.2, 0) is 14.8 Å². The zero-order valence-electron chi connectivity index (χ0n) is 17.8. The second kappa shape index (κ2) is 9.03. The summed E-state index contributed by atoms with van der Waals surface area (Å²) in [6.07, 6.45) is 1.68. The Kier molecular flexibility index (Phi) is 6.34. The predicted octanol–water partition coefficient (Wildman–Crippen LogP) is 3.20. The third-order valence-electron chi connectivity index (χ3n) is 5.33. The minimum absolute atomic E-state index is 0.0190. The lowest BCUT2D eigenvalue weighted by atomic mass is 10.2. The van der Waals surface area contributed by atoms with E-state index in [4.69, 9.17) is 11.6 Å². The van der Waals surface area contributed by atoms with Crippen LogP contribution in [0.5, 0.6) is 0 Å². The Morgan fingerprint density at radius 2 is 1.75 bits per heavy atom. The highest BCUT2D eigenvalue weighted by Crippen LogP contribution is 2.31. The Labute approximate surface area is 192 Å². The number of likely N-dealkylation sites (N-methyl/N-ethyl adjacent to an activating group) is 1. The molecule has 1 aliphatic heterocycles. The normalized spacial score (nSPS) is 15.6. The maximum atomic E-state index is 13.8. The molecule has 32 heavy (non-hydrogen) atoms. The molecule has 2 heterocycles. The molecule has 0 radical (unpaired) electrons. The third-order valence-corrected chi connectivity index (χ3v) is 7.36. The van der Waals surface area contributed by atoms with Gasteiger partial charge in [0.15, 0.2) is 5.82 Å². The Balaban J connectivity index is 1.79. The molecule has 1 amide bonds. The fourth-order valence-electron chi connectivity index (χ4n) is 3.62. The molecular formula is C22H24ClN5O3S. The van der Waals surface area contributed by atoms with Crippen LogP contribution in [-0.4, -0.2) is 62.4 Å². The number of hydrazine groups is 1. The quantitative estimate of drug-likeness (QED) is 0.612. The van der Waals surface area contributed by atoms with E-state index in [9.17, 15) is 13.2 Å². The molecular weight excluding hydrogens is 450 g/mol. The summed E-state index contributed by atoms with van der Waals surface area (Å²) >= 11 is 6.28. The summed E-state index contributed by atoms with van der Waals surface area (Å²) in [6, 6.07) is 13.7. The number of rotatable bonds is 5. The van der Waals surface area contributed by atoms with Crippen LogP contribution in [0.2, 0.25) is 5.02 Å². The van der Waals surface area contributed by atoms with Gasteiger partial charge in [-0.3, -0.25) is 4.79 Å². The number of sulfonamides is 1. The van der Waals surface area contributed by atoms with Gasteiger partial charge in [0.2, 0.25) is 5.91 Å². The van der Waals surface area contributed by atoms with Crippen molar-refractivity contribution in [3.8, 4) is 0 Å². The molecule has 10 heteroatoms. The summed E-state index contributed by atoms with van der Waals surface area (Å²) in [6.45, 7) is 3.87. The number of halogens is 1. The van der Waals surface area contributed by atoms with E-state index in [1.807, 2.05) is 31.3 Å². The lowest BCUT2D eigenvalue weighted by Gasteiger charge is -2.39. The number of carbonyl (C=O) groups excluding carboxylic acids is 1. The first-order valence-corrected chi connectivity index (χ1v) is 12.0. The van der Waals surface area contributed by atoms with Crippen LogP contribution in [0.4, 0.5) is 11.5 Å². The van der Waals surface area contributed by atoms with Gasteiger partial charge in [-0.05, 0) is 36.7 Å². The van der Waals surface area contributed by atoms with Crippen LogP contribution < -0.4 is 9.73 Å². The summed E-state index contributed by atoms with van der Waals surface area (Å²) in [4.78, 5) is 18.0. The van der Waals surface area contributed by atoms with Gasteiger partial charge in [-0.2, -0.15) is 12.8 Å². The van der Waals surface area contributed by atoms with Gasteiger partial charge in [0, 0.05) is 44.7 Å². The fraction of sp³-hybridized carbons (Fsp3) is 0.273. The van der Waals surface area contributed by atoms with Gasteiger partial charge in [0.05, 0.1) is 15.6 Å². The van der Waals surface area contributed by atoms with E-state index in [1.54, 1.807) is 17.3 Å². The Bertz CT molecular complexity index is 1260. The van der Waals surface area contributed by atoms with E-state index < -0.39 is 10.0 Å². The number of benzene rings is 2. The second-order valence-electron chi connectivity index (χ2n) is 7.72. The van der Waals surface area contributed by atoms with Gasteiger partial charge in [0.25, 0.3) is 10.0 Å². The van der Waals surface area contributed by atoms with Crippen LogP contribution in [0.15, 0.2) is 59.6 Å². The summed E-state index contributed by atoms with van der Waals surface area (Å²) < 4.78 is 28.9. The smallest absolute Gasteiger partial charge is 0.279 e. The van der Waals surface area contributed by atoms with Crippen molar-refractivity contribution in [1.82, 2.24) is 14.9 Å². The fourth-order valence-corrected chi connectivity index (χ4v) is 5.43. The van der Waals surface area contributed by atoms with Gasteiger partial charge in [-0.15, -0.1) is 0 Å². The van der Waals surface area contributed by atoms with E-state index in [0.717, 1.165) is 23.9 Å². The number of piperazine rings is 1. The van der Waals surface area contributed by atoms with Crippen LogP contribution in [0.3, 0.4) is 0 Å². The van der Waals surface area contributed by atoms with Crippen LogP contribution in [0.25, 0.3) is 10.8 Å². The summed E-state index contributed by atoms with van der Waals surface area (Å²) in [7, 11) is -2.02. The van der Waals surface area contributed by atoms with Gasteiger partial charge in [-0.25, -0.2) is 9.99 Å². The van der Waals surface area contributed by atoms with Crippen LogP contribution >= 0.6 is 11.6 Å². The number of pyridine rings is 1. The summed E-state index contributed by atoms with van der Waals surface area (Å²) in [5, 5.41) is 6.35. The van der Waals surface area contributed by atoms with Crippen molar-refractivity contribution in [1.29, 1.82) is 0 Å². The number of carbonyl (C=O) groups is 1. The van der Waals surface area contributed by atoms with E-state index >= 15 is 0 Å². The highest BCUT2D eigenvalue weighted by molar-refractivity contribution is 7.92. The molecule has 8 nitrogen and oxygen atoms in total. The van der Waals surface area contributed by atoms with Crippen molar-refractivity contribution in [3.05, 3.63) is 59.8 Å². The van der Waals surface area contributed by atoms with E-state index in [0.29, 0.717) is 24.6 Å². The first-order chi connectivity index (χ1) is 15.3. The highest BCUT2D eigenvalue weighted by atomic mass is 35.5. The maximum Gasteiger partial charge on any atom is 0.279 e. The lowest BCUT2D eigenvalue weighted by molar-refractivity contribution is -0.114. The van der Waals surface area contributed by atoms with Gasteiger partial charge < -0.3 is 10.2 Å². The second-order valence-corrected chi connectivity index (χ2v) is 9.89. The molecule has 1 fully saturated rings. The topological polar surface area (TPSA) is 85.8 Å². The molecule has 2 aromatic carbocycles. The molecule has 0 spiro atoms. The zero-order valence-corrected chi connectivity index (χ0v) is 19.4. The number of nitrogens with one attached hydrogen (secondary N) is 1. The van der Waals surface area contributed by atoms with Crippen molar-refractivity contribution in [3.63, 3.8) is 0 Å². The van der Waals surface area contributed by atoms with Gasteiger partial charge >= 0.3 is 0 Å². The molecule has 1 aliphatic rings. The Morgan fingerprint density at radius 1 is 1.06 bits per heavy atom. The number of nitrogens with zero attached hydrogens (tertiary/aromatic N) is 4. The van der Waals surface area contributed by atoms with Crippen molar-refractivity contribution in [2.75, 3.05) is 43.0 Å². The van der Waals surface area contributed by atoms with Gasteiger partial charge in [0.1, 0.15) is 0 Å². The summed E-state index contributed by atoms with van der Waals surface area (Å²) in [5.41, 5.74) is 0.355. The minimum atomic E-state index is -4.03. The lowest BCUT2D eigenvalue weighted by Crippen LogP contribution is -2.55. The van der Waals surface area contributed by atoms with E-state index in [2.05, 4.69) is 15.2 Å². The molecule has 0 saturated carbocycles. The molecule has 0 aliphatic carbocycles. The number of fused-ring (bicyclic) bond motifs is 1. The average molecular weight is 474 g/mol. The number of hydrogen-bond donors (Lipinski definition) is 1. The number of hydrogen-bond acceptors (Lipinski definition) is 6. The summed E-state index contributed by atoms with van der Waals surface area (Å²) in [5.74, 6) is 0.0252. The molecule has 0 atom stereocenters. The molecule has 3 aromatic rings. The number of aromatic nitrogens is 1. The van der Waals surface area contributed by atoms with Gasteiger partial charge in [-0.1, -0.05) is 35.9 Å².